The molecule has 2 rings (SSSR count). The molecule has 17 heavy (non-hydrogen) atoms. The van der Waals surface area contributed by atoms with E-state index in [2.05, 4.69) is 0 Å². The Labute approximate surface area is 103 Å². The van der Waals surface area contributed by atoms with E-state index in [4.69, 9.17) is 5.73 Å². The topological polar surface area (TPSA) is 43.1 Å². The molecule has 1 aromatic carbocycles. The summed E-state index contributed by atoms with van der Waals surface area (Å²) in [5.74, 6) is 0.828. The first-order chi connectivity index (χ1) is 8.22. The van der Waals surface area contributed by atoms with E-state index in [0.717, 1.165) is 18.4 Å². The standard InChI is InChI=1S/C15H21NO/c1-11-6-8-12(9-7-11)15(17)14-5-3-2-4-13(14)10-16/h6-9,13-14H,2-5,10,16H2,1H3. The summed E-state index contributed by atoms with van der Waals surface area (Å²) in [6.07, 6.45) is 4.51. The van der Waals surface area contributed by atoms with Crippen LogP contribution in [0, 0.1) is 18.8 Å². The van der Waals surface area contributed by atoms with Crippen molar-refractivity contribution in [1.29, 1.82) is 0 Å². The van der Waals surface area contributed by atoms with Crippen LogP contribution in [-0.2, 0) is 0 Å². The predicted molar refractivity (Wildman–Crippen MR) is 70.0 cm³/mol. The molecule has 2 N–H and O–H groups in total. The van der Waals surface area contributed by atoms with Gasteiger partial charge in [0.05, 0.1) is 0 Å². The van der Waals surface area contributed by atoms with Gasteiger partial charge in [-0.1, -0.05) is 42.7 Å². The van der Waals surface area contributed by atoms with Crippen LogP contribution in [0.15, 0.2) is 24.3 Å². The van der Waals surface area contributed by atoms with E-state index in [9.17, 15) is 4.79 Å². The van der Waals surface area contributed by atoms with E-state index in [0.29, 0.717) is 18.2 Å². The Morgan fingerprint density at radius 1 is 1.24 bits per heavy atom. The molecule has 0 aliphatic heterocycles. The Morgan fingerprint density at radius 2 is 1.88 bits per heavy atom. The molecular formula is C15H21NO. The first kappa shape index (κ1) is 12.3. The Morgan fingerprint density at radius 3 is 2.53 bits per heavy atom. The van der Waals surface area contributed by atoms with Crippen molar-refractivity contribution >= 4 is 5.78 Å². The van der Waals surface area contributed by atoms with Gasteiger partial charge in [0.1, 0.15) is 0 Å². The van der Waals surface area contributed by atoms with Gasteiger partial charge in [-0.3, -0.25) is 4.79 Å². The van der Waals surface area contributed by atoms with Crippen LogP contribution in [0.3, 0.4) is 0 Å². The lowest BCUT2D eigenvalue weighted by molar-refractivity contribution is 0.0829. The van der Waals surface area contributed by atoms with Crippen LogP contribution in [0.4, 0.5) is 0 Å². The number of hydrogen-bond donors (Lipinski definition) is 1. The zero-order chi connectivity index (χ0) is 12.3. The molecule has 1 aliphatic carbocycles. The third-order valence-electron chi connectivity index (χ3n) is 3.88. The summed E-state index contributed by atoms with van der Waals surface area (Å²) in [6, 6.07) is 7.90. The summed E-state index contributed by atoms with van der Waals surface area (Å²) >= 11 is 0. The number of Topliss-reactive ketones (excluding diaryl/α,β-unsaturated/α-hetero) is 1. The molecule has 0 saturated heterocycles. The zero-order valence-corrected chi connectivity index (χ0v) is 10.5. The summed E-state index contributed by atoms with van der Waals surface area (Å²) in [5.41, 5.74) is 7.82. The van der Waals surface area contributed by atoms with Gasteiger partial charge in [-0.2, -0.15) is 0 Å². The summed E-state index contributed by atoms with van der Waals surface area (Å²) in [7, 11) is 0. The van der Waals surface area contributed by atoms with E-state index in [1.165, 1.54) is 18.4 Å². The lowest BCUT2D eigenvalue weighted by Crippen LogP contribution is -2.32. The molecule has 1 aromatic rings. The van der Waals surface area contributed by atoms with Crippen LogP contribution in [-0.4, -0.2) is 12.3 Å². The van der Waals surface area contributed by atoms with E-state index < -0.39 is 0 Å². The van der Waals surface area contributed by atoms with Crippen molar-refractivity contribution in [2.45, 2.75) is 32.6 Å². The number of carbonyl (C=O) groups is 1. The number of carbonyl (C=O) groups excluding carboxylic acids is 1. The monoisotopic (exact) mass is 231 g/mol. The van der Waals surface area contributed by atoms with Crippen molar-refractivity contribution in [1.82, 2.24) is 0 Å². The first-order valence-electron chi connectivity index (χ1n) is 6.53. The minimum atomic E-state index is 0.149. The molecule has 1 aliphatic rings. The van der Waals surface area contributed by atoms with Gasteiger partial charge in [-0.15, -0.1) is 0 Å². The second kappa shape index (κ2) is 5.46. The van der Waals surface area contributed by atoms with Crippen molar-refractivity contribution in [2.24, 2.45) is 17.6 Å². The highest BCUT2D eigenvalue weighted by molar-refractivity contribution is 5.98. The van der Waals surface area contributed by atoms with Gasteiger partial charge in [-0.05, 0) is 32.2 Å². The second-order valence-corrected chi connectivity index (χ2v) is 5.12. The maximum absolute atomic E-state index is 12.4. The summed E-state index contributed by atoms with van der Waals surface area (Å²) < 4.78 is 0. The maximum Gasteiger partial charge on any atom is 0.166 e. The SMILES string of the molecule is Cc1ccc(C(=O)C2CCCCC2CN)cc1. The van der Waals surface area contributed by atoms with Gasteiger partial charge in [-0.25, -0.2) is 0 Å². The first-order valence-corrected chi connectivity index (χ1v) is 6.53. The molecule has 1 fully saturated rings. The van der Waals surface area contributed by atoms with Crippen LogP contribution in [0.2, 0.25) is 0 Å². The van der Waals surface area contributed by atoms with Crippen molar-refractivity contribution in [3.63, 3.8) is 0 Å². The fraction of sp³-hybridized carbons (Fsp3) is 0.533. The molecule has 2 nitrogen and oxygen atoms in total. The fourth-order valence-corrected chi connectivity index (χ4v) is 2.77. The third kappa shape index (κ3) is 2.75. The highest BCUT2D eigenvalue weighted by Gasteiger charge is 2.30. The Bertz CT molecular complexity index is 382. The van der Waals surface area contributed by atoms with Gasteiger partial charge in [0, 0.05) is 11.5 Å². The van der Waals surface area contributed by atoms with Crippen LogP contribution in [0.25, 0.3) is 0 Å². The van der Waals surface area contributed by atoms with Gasteiger partial charge in [0.15, 0.2) is 5.78 Å². The summed E-state index contributed by atoms with van der Waals surface area (Å²) in [6.45, 7) is 2.68. The molecular weight excluding hydrogens is 210 g/mol. The Kier molecular flexibility index (Phi) is 3.95. The number of benzene rings is 1. The van der Waals surface area contributed by atoms with E-state index in [1.54, 1.807) is 0 Å². The molecule has 0 radical (unpaired) electrons. The summed E-state index contributed by atoms with van der Waals surface area (Å²) in [5, 5.41) is 0. The number of nitrogens with two attached hydrogens (primary N) is 1. The lowest BCUT2D eigenvalue weighted by atomic mass is 9.75. The van der Waals surface area contributed by atoms with E-state index >= 15 is 0 Å². The molecule has 0 bridgehead atoms. The molecule has 92 valence electrons. The normalized spacial score (nSPS) is 24.6. The summed E-state index contributed by atoms with van der Waals surface area (Å²) in [4.78, 5) is 12.4. The predicted octanol–water partition coefficient (Wildman–Crippen LogP) is 2.94. The van der Waals surface area contributed by atoms with Crippen molar-refractivity contribution < 1.29 is 4.79 Å². The largest absolute Gasteiger partial charge is 0.330 e. The van der Waals surface area contributed by atoms with Crippen LogP contribution in [0.1, 0.15) is 41.6 Å². The Hall–Kier alpha value is -1.15. The molecule has 2 atom stereocenters. The third-order valence-corrected chi connectivity index (χ3v) is 3.88. The quantitative estimate of drug-likeness (QED) is 0.813. The van der Waals surface area contributed by atoms with Crippen molar-refractivity contribution in [3.8, 4) is 0 Å². The van der Waals surface area contributed by atoms with E-state index in [1.807, 2.05) is 31.2 Å². The highest BCUT2D eigenvalue weighted by Crippen LogP contribution is 2.31. The number of rotatable bonds is 3. The van der Waals surface area contributed by atoms with E-state index in [-0.39, 0.29) is 5.92 Å². The van der Waals surface area contributed by atoms with Crippen LogP contribution < -0.4 is 5.73 Å². The highest BCUT2D eigenvalue weighted by atomic mass is 16.1. The van der Waals surface area contributed by atoms with Crippen LogP contribution in [0.5, 0.6) is 0 Å². The number of ketones is 1. The van der Waals surface area contributed by atoms with Crippen LogP contribution >= 0.6 is 0 Å². The van der Waals surface area contributed by atoms with Gasteiger partial charge in [0.25, 0.3) is 0 Å². The fourth-order valence-electron chi connectivity index (χ4n) is 2.77. The second-order valence-electron chi connectivity index (χ2n) is 5.12. The minimum Gasteiger partial charge on any atom is -0.330 e. The molecule has 0 aromatic heterocycles. The lowest BCUT2D eigenvalue weighted by Gasteiger charge is -2.29. The molecule has 0 amide bonds. The van der Waals surface area contributed by atoms with Gasteiger partial charge < -0.3 is 5.73 Å². The molecule has 1 saturated carbocycles. The molecule has 2 unspecified atom stereocenters. The number of hydrogen-bond acceptors (Lipinski definition) is 2. The molecule has 0 heterocycles. The van der Waals surface area contributed by atoms with Gasteiger partial charge >= 0.3 is 0 Å². The average Bonchev–Trinajstić information content (AvgIpc) is 2.39. The molecule has 2 heteroatoms. The number of aryl methyl sites for hydroxylation is 1. The van der Waals surface area contributed by atoms with Gasteiger partial charge in [0.2, 0.25) is 0 Å². The van der Waals surface area contributed by atoms with Crippen molar-refractivity contribution in [2.75, 3.05) is 6.54 Å². The maximum atomic E-state index is 12.4. The molecule has 0 spiro atoms. The average molecular weight is 231 g/mol. The Balaban J connectivity index is 2.15. The zero-order valence-electron chi connectivity index (χ0n) is 10.5. The minimum absolute atomic E-state index is 0.149. The smallest absolute Gasteiger partial charge is 0.166 e. The van der Waals surface area contributed by atoms with Crippen molar-refractivity contribution in [3.05, 3.63) is 35.4 Å².